The van der Waals surface area contributed by atoms with Crippen molar-refractivity contribution in [2.24, 2.45) is 0 Å². The molecule has 0 amide bonds. The minimum absolute atomic E-state index is 0. The van der Waals surface area contributed by atoms with Crippen molar-refractivity contribution in [2.75, 3.05) is 13.2 Å². The van der Waals surface area contributed by atoms with E-state index in [1.807, 2.05) is 13.8 Å². The van der Waals surface area contributed by atoms with Crippen molar-refractivity contribution in [3.05, 3.63) is 0 Å². The lowest BCUT2D eigenvalue weighted by Gasteiger charge is -1.96. The third-order valence-electron chi connectivity index (χ3n) is 0.407. The summed E-state index contributed by atoms with van der Waals surface area (Å²) in [6.07, 6.45) is 0. The zero-order valence-electron chi connectivity index (χ0n) is 5.14. The average molecular weight is 159 g/mol. The second-order valence-electron chi connectivity index (χ2n) is 0.949. The Morgan fingerprint density at radius 1 is 1.12 bits per heavy atom. The first-order chi connectivity index (χ1) is 3.41. The minimum Gasteiger partial charge on any atom is -0.337 e. The van der Waals surface area contributed by atoms with Crippen LogP contribution in [0, 0.1) is 0 Å². The Balaban J connectivity index is 0. The summed E-state index contributed by atoms with van der Waals surface area (Å²) in [4.78, 5) is 0. The van der Waals surface area contributed by atoms with Gasteiger partial charge in [-0.3, -0.25) is 0 Å². The summed E-state index contributed by atoms with van der Waals surface area (Å²) < 4.78 is 9.76. The fourth-order valence-electron chi connectivity index (χ4n) is 0.160. The largest absolute Gasteiger partial charge is 0.337 e. The monoisotopic (exact) mass is 158 g/mol. The quantitative estimate of drug-likeness (QED) is 0.460. The first-order valence-corrected chi connectivity index (χ1v) is 3.22. The molecule has 0 bridgehead atoms. The highest BCUT2D eigenvalue weighted by Crippen LogP contribution is 2.10. The molecule has 0 rings (SSSR count). The Morgan fingerprint density at radius 3 is 1.75 bits per heavy atom. The van der Waals surface area contributed by atoms with E-state index in [1.165, 1.54) is 0 Å². The third-order valence-corrected chi connectivity index (χ3v) is 1.22. The first kappa shape index (κ1) is 11.4. The van der Waals surface area contributed by atoms with Crippen LogP contribution in [0.4, 0.5) is 0 Å². The van der Waals surface area contributed by atoms with Crippen LogP contribution < -0.4 is 0 Å². The smallest absolute Gasteiger partial charge is 0.155 e. The first-order valence-electron chi connectivity index (χ1n) is 2.40. The van der Waals surface area contributed by atoms with Gasteiger partial charge in [0, 0.05) is 0 Å². The second-order valence-corrected chi connectivity index (χ2v) is 1.69. The fourth-order valence-corrected chi connectivity index (χ4v) is 0.479. The highest BCUT2D eigenvalue weighted by molar-refractivity contribution is 7.26. The van der Waals surface area contributed by atoms with Gasteiger partial charge in [-0.05, 0) is 13.8 Å². The van der Waals surface area contributed by atoms with E-state index in [0.717, 1.165) is 13.2 Å². The van der Waals surface area contributed by atoms with E-state index < -0.39 is 0 Å². The predicted molar refractivity (Wildman–Crippen MR) is 38.8 cm³/mol. The molecule has 8 heavy (non-hydrogen) atoms. The van der Waals surface area contributed by atoms with Crippen LogP contribution >= 0.6 is 21.4 Å². The third kappa shape index (κ3) is 9.81. The molecule has 0 saturated heterocycles. The van der Waals surface area contributed by atoms with Gasteiger partial charge >= 0.3 is 0 Å². The van der Waals surface area contributed by atoms with Crippen molar-refractivity contribution in [3.63, 3.8) is 0 Å². The molecule has 0 aliphatic heterocycles. The van der Waals surface area contributed by atoms with E-state index in [1.54, 1.807) is 0 Å². The fraction of sp³-hybridized carbons (Fsp3) is 1.00. The van der Waals surface area contributed by atoms with E-state index in [9.17, 15) is 0 Å². The lowest BCUT2D eigenvalue weighted by Crippen LogP contribution is -1.78. The highest BCUT2D eigenvalue weighted by atomic mass is 35.5. The van der Waals surface area contributed by atoms with Crippen LogP contribution in [0.5, 0.6) is 0 Å². The molecule has 0 aliphatic rings. The zero-order chi connectivity index (χ0) is 5.54. The Morgan fingerprint density at radius 2 is 1.50 bits per heavy atom. The lowest BCUT2D eigenvalue weighted by molar-refractivity contribution is 0.288. The maximum absolute atomic E-state index is 4.88. The summed E-state index contributed by atoms with van der Waals surface area (Å²) >= 11 is 0. The molecule has 2 nitrogen and oxygen atoms in total. The van der Waals surface area contributed by atoms with Crippen molar-refractivity contribution < 1.29 is 9.05 Å². The zero-order valence-corrected chi connectivity index (χ0v) is 6.96. The number of rotatable bonds is 4. The standard InChI is InChI=1S/C4H11O2P.ClH/c1-3-5-7-6-4-2;/h7H,3-4H2,1-2H3;1H. The van der Waals surface area contributed by atoms with Crippen LogP contribution in [0.2, 0.25) is 0 Å². The number of hydrogen-bond donors (Lipinski definition) is 0. The van der Waals surface area contributed by atoms with E-state index in [2.05, 4.69) is 0 Å². The van der Waals surface area contributed by atoms with Crippen molar-refractivity contribution in [1.29, 1.82) is 0 Å². The molecule has 0 aliphatic carbocycles. The molecule has 0 spiro atoms. The topological polar surface area (TPSA) is 18.5 Å². The summed E-state index contributed by atoms with van der Waals surface area (Å²) in [6.45, 7) is 5.40. The molecule has 0 N–H and O–H groups in total. The van der Waals surface area contributed by atoms with E-state index in [4.69, 9.17) is 9.05 Å². The summed E-state index contributed by atoms with van der Waals surface area (Å²) in [5.74, 6) is 0. The molecule has 0 saturated carbocycles. The van der Waals surface area contributed by atoms with E-state index in [-0.39, 0.29) is 21.4 Å². The van der Waals surface area contributed by atoms with E-state index in [0.29, 0.717) is 0 Å². The maximum atomic E-state index is 4.88. The van der Waals surface area contributed by atoms with Crippen LogP contribution in [0.25, 0.3) is 0 Å². The normalized spacial score (nSPS) is 8.25. The van der Waals surface area contributed by atoms with Crippen LogP contribution in [-0.4, -0.2) is 13.2 Å². The van der Waals surface area contributed by atoms with Crippen molar-refractivity contribution in [2.45, 2.75) is 13.8 Å². The summed E-state index contributed by atoms with van der Waals surface area (Å²) in [5.41, 5.74) is 0. The van der Waals surface area contributed by atoms with Crippen LogP contribution in [-0.2, 0) is 9.05 Å². The molecule has 0 unspecified atom stereocenters. The molecule has 52 valence electrons. The van der Waals surface area contributed by atoms with Gasteiger partial charge in [-0.25, -0.2) is 0 Å². The van der Waals surface area contributed by atoms with Crippen molar-refractivity contribution in [1.82, 2.24) is 0 Å². The lowest BCUT2D eigenvalue weighted by atomic mass is 10.9. The summed E-state index contributed by atoms with van der Waals surface area (Å²) in [5, 5.41) is 0. The van der Waals surface area contributed by atoms with Gasteiger partial charge in [0.1, 0.15) is 0 Å². The van der Waals surface area contributed by atoms with Gasteiger partial charge in [0.2, 0.25) is 0 Å². The van der Waals surface area contributed by atoms with Gasteiger partial charge in [-0.15, -0.1) is 12.4 Å². The van der Waals surface area contributed by atoms with Crippen LogP contribution in [0.3, 0.4) is 0 Å². The predicted octanol–water partition coefficient (Wildman–Crippen LogP) is 1.99. The van der Waals surface area contributed by atoms with Crippen LogP contribution in [0.15, 0.2) is 0 Å². The van der Waals surface area contributed by atoms with Gasteiger partial charge < -0.3 is 9.05 Å². The summed E-state index contributed by atoms with van der Waals surface area (Å²) in [6, 6.07) is 0. The average Bonchev–Trinajstić information content (AvgIpc) is 1.69. The molecular weight excluding hydrogens is 146 g/mol. The van der Waals surface area contributed by atoms with Gasteiger partial charge in [0.15, 0.2) is 9.03 Å². The van der Waals surface area contributed by atoms with Gasteiger partial charge in [-0.1, -0.05) is 0 Å². The van der Waals surface area contributed by atoms with Gasteiger partial charge in [0.05, 0.1) is 13.2 Å². The molecule has 0 atom stereocenters. The Hall–Kier alpha value is 0.640. The molecule has 0 aromatic heterocycles. The summed E-state index contributed by atoms with van der Waals surface area (Å²) in [7, 11) is 0.232. The Labute approximate surface area is 58.3 Å². The molecule has 0 aromatic carbocycles. The SMILES string of the molecule is CCOPOCC.Cl. The van der Waals surface area contributed by atoms with Crippen LogP contribution in [0.1, 0.15) is 13.8 Å². The Kier molecular flexibility index (Phi) is 15.1. The molecule has 0 radical (unpaired) electrons. The molecule has 4 heteroatoms. The minimum atomic E-state index is 0. The van der Waals surface area contributed by atoms with Crippen molar-refractivity contribution >= 4 is 21.4 Å². The number of halogens is 1. The van der Waals surface area contributed by atoms with E-state index >= 15 is 0 Å². The Bertz CT molecular complexity index is 33.2. The molecule has 0 heterocycles. The molecule has 0 aromatic rings. The molecular formula is C4H12ClO2P. The van der Waals surface area contributed by atoms with Gasteiger partial charge in [-0.2, -0.15) is 0 Å². The van der Waals surface area contributed by atoms with Gasteiger partial charge in [0.25, 0.3) is 0 Å². The maximum Gasteiger partial charge on any atom is 0.155 e. The second kappa shape index (κ2) is 10.6. The molecule has 0 fully saturated rings. The number of hydrogen-bond acceptors (Lipinski definition) is 2. The highest BCUT2D eigenvalue weighted by Gasteiger charge is 1.77. The van der Waals surface area contributed by atoms with Crippen molar-refractivity contribution in [3.8, 4) is 0 Å².